The molecule has 0 saturated heterocycles. The molecule has 0 aliphatic rings. The van der Waals surface area contributed by atoms with Crippen LogP contribution in [-0.4, -0.2) is 95.9 Å². The van der Waals surface area contributed by atoms with Crippen LogP contribution in [0.2, 0.25) is 0 Å². The summed E-state index contributed by atoms with van der Waals surface area (Å²) in [4.78, 5) is 0. The van der Waals surface area contributed by atoms with Crippen LogP contribution in [0.1, 0.15) is 367 Å². The average molecular weight is 1410 g/mol. The minimum absolute atomic E-state index is 0.0301. The molecule has 7 unspecified atom stereocenters. The van der Waals surface area contributed by atoms with Gasteiger partial charge in [-0.25, -0.2) is 42.1 Å². The first-order valence-electron chi connectivity index (χ1n) is 35.7. The molecule has 0 heterocycles. The SMILES string of the molecule is CCCCC(CC)CCC(CC(C)C)OS(=O)(=O)[O-].CCCCC(CC)CCC(CCC(CC)CC)OS(=O)(=O)[O-].CCCCC(CC)COS(=O)(=O)[O-].CCCCCCCCC(C)OS(=O)(=O)[O-].CCCCCCCCCCCCCCCC(C)OS(=O)(=O)[O-]. The van der Waals surface area contributed by atoms with E-state index in [1.807, 2.05) is 20.8 Å². The topological polar surface area (TPSA) is 332 Å². The van der Waals surface area contributed by atoms with E-state index in [1.54, 1.807) is 13.8 Å². The van der Waals surface area contributed by atoms with E-state index in [2.05, 4.69) is 79.0 Å². The van der Waals surface area contributed by atoms with Crippen molar-refractivity contribution < 1.29 is 85.8 Å². The Labute approximate surface area is 561 Å². The summed E-state index contributed by atoms with van der Waals surface area (Å²) in [6.45, 7) is 28.7. The van der Waals surface area contributed by atoms with Gasteiger partial charge in [-0.3, -0.25) is 20.9 Å². The third-order valence-electron chi connectivity index (χ3n) is 16.4. The van der Waals surface area contributed by atoms with Crippen molar-refractivity contribution in [3.8, 4) is 0 Å². The van der Waals surface area contributed by atoms with Crippen LogP contribution in [0.5, 0.6) is 0 Å². The van der Waals surface area contributed by atoms with Crippen LogP contribution in [0.15, 0.2) is 0 Å². The molecular weight excluding hydrogens is 1270 g/mol. The van der Waals surface area contributed by atoms with Crippen LogP contribution >= 0.6 is 0 Å². The smallest absolute Gasteiger partial charge is 0.217 e. The molecule has 91 heavy (non-hydrogen) atoms. The van der Waals surface area contributed by atoms with Gasteiger partial charge in [0.05, 0.1) is 31.0 Å². The third-order valence-corrected chi connectivity index (χ3v) is 19.0. The molecule has 0 spiro atoms. The van der Waals surface area contributed by atoms with Crippen LogP contribution in [-0.2, 0) is 72.9 Å². The first-order valence-corrected chi connectivity index (χ1v) is 42.4. The van der Waals surface area contributed by atoms with Crippen LogP contribution < -0.4 is 0 Å². The predicted octanol–water partition coefficient (Wildman–Crippen LogP) is 18.5. The lowest BCUT2D eigenvalue weighted by atomic mass is 9.90. The molecule has 0 bridgehead atoms. The molecule has 0 saturated carbocycles. The van der Waals surface area contributed by atoms with Gasteiger partial charge in [-0.05, 0) is 108 Å². The maximum atomic E-state index is 10.9. The fourth-order valence-electron chi connectivity index (χ4n) is 10.6. The molecule has 0 aromatic heterocycles. The second-order valence-electron chi connectivity index (χ2n) is 25.5. The molecule has 0 aliphatic carbocycles. The highest BCUT2D eigenvalue weighted by Gasteiger charge is 2.19. The van der Waals surface area contributed by atoms with Crippen LogP contribution in [0, 0.1) is 29.6 Å². The molecule has 0 aromatic rings. The Bertz CT molecular complexity index is 2130. The quantitative estimate of drug-likeness (QED) is 0.0310. The van der Waals surface area contributed by atoms with Gasteiger partial charge in [-0.2, -0.15) is 0 Å². The van der Waals surface area contributed by atoms with Gasteiger partial charge in [0.25, 0.3) is 0 Å². The lowest BCUT2D eigenvalue weighted by molar-refractivity contribution is 0.138. The third kappa shape index (κ3) is 85.4. The van der Waals surface area contributed by atoms with E-state index >= 15 is 0 Å². The van der Waals surface area contributed by atoms with Gasteiger partial charge < -0.3 is 22.8 Å². The van der Waals surface area contributed by atoms with E-state index in [9.17, 15) is 64.9 Å². The second kappa shape index (κ2) is 64.1. The standard InChI is InChI=1S/2C17H36O4S.C14H30O4S.C10H22O4S.C8H18O4S/c1-5-9-10-16(8-4)12-14-17(21-22(18,19)20)13-11-15(6-2)7-3;1-3-4-5-6-7-8-9-10-11-12-13-14-15-16-17(2)21-22(18,19)20;1-5-7-8-13(6-2)9-10-14(11-12(3)4)18-19(15,16)17;1-3-4-5-6-7-8-9-10(2)14-15(11,12)13;1-3-5-6-8(4-2)7-12-13(9,10)11/h15-17H,5-14H2,1-4H3,(H,18,19,20);17H,3-16H2,1-2H3,(H,18,19,20);12-14H,5-11H2,1-4H3,(H,15,16,17);10H,3-9H2,1-2H3,(H,11,12,13);8H,3-7H2,1-2H3,(H,9,10,11)/p-5. The summed E-state index contributed by atoms with van der Waals surface area (Å²) < 4.78 is 180. The van der Waals surface area contributed by atoms with E-state index < -0.39 is 76.4 Å². The Kier molecular flexibility index (Phi) is 69.7. The Morgan fingerprint density at radius 2 is 0.527 bits per heavy atom. The van der Waals surface area contributed by atoms with Crippen LogP contribution in [0.4, 0.5) is 0 Å². The summed E-state index contributed by atoms with van der Waals surface area (Å²) >= 11 is 0. The molecule has 556 valence electrons. The van der Waals surface area contributed by atoms with Crippen molar-refractivity contribution in [1.29, 1.82) is 0 Å². The summed E-state index contributed by atoms with van der Waals surface area (Å²) in [5.74, 6) is 2.30. The van der Waals surface area contributed by atoms with E-state index in [0.717, 1.165) is 96.3 Å². The van der Waals surface area contributed by atoms with Gasteiger partial charge >= 0.3 is 0 Å². The molecule has 0 amide bonds. The molecule has 0 rings (SSSR count). The molecule has 0 aromatic carbocycles. The maximum Gasteiger partial charge on any atom is 0.217 e. The fraction of sp³-hybridized carbons (Fsp3) is 1.00. The Hall–Kier alpha value is -0.650. The van der Waals surface area contributed by atoms with Gasteiger partial charge in [0.2, 0.25) is 52.0 Å². The summed E-state index contributed by atoms with van der Waals surface area (Å²) in [5.41, 5.74) is 0. The zero-order valence-corrected chi connectivity index (χ0v) is 63.9. The van der Waals surface area contributed by atoms with Gasteiger partial charge in [-0.15, -0.1) is 0 Å². The van der Waals surface area contributed by atoms with Crippen molar-refractivity contribution in [2.24, 2.45) is 29.6 Å². The van der Waals surface area contributed by atoms with Gasteiger partial charge in [-0.1, -0.05) is 289 Å². The largest absolute Gasteiger partial charge is 0.726 e. The first-order chi connectivity index (χ1) is 42.5. The molecule has 0 aliphatic heterocycles. The predicted molar refractivity (Wildman–Crippen MR) is 365 cm³/mol. The highest BCUT2D eigenvalue weighted by Crippen LogP contribution is 2.27. The average Bonchev–Trinajstić information content (AvgIpc) is 2.75. The van der Waals surface area contributed by atoms with E-state index in [1.165, 1.54) is 135 Å². The summed E-state index contributed by atoms with van der Waals surface area (Å²) in [5, 5.41) is 0. The van der Waals surface area contributed by atoms with Gasteiger partial charge in [0.1, 0.15) is 0 Å². The maximum absolute atomic E-state index is 10.9. The van der Waals surface area contributed by atoms with Crippen molar-refractivity contribution >= 4 is 52.0 Å². The van der Waals surface area contributed by atoms with Crippen molar-refractivity contribution in [2.75, 3.05) is 6.61 Å². The van der Waals surface area contributed by atoms with E-state index in [-0.39, 0.29) is 12.5 Å². The minimum atomic E-state index is -4.61. The Morgan fingerprint density at radius 1 is 0.264 bits per heavy atom. The summed E-state index contributed by atoms with van der Waals surface area (Å²) in [6, 6.07) is 0. The Balaban J connectivity index is -0.000000343. The molecule has 7 atom stereocenters. The van der Waals surface area contributed by atoms with Crippen molar-refractivity contribution in [1.82, 2.24) is 0 Å². The molecular formula is C66H137O20S5-5. The van der Waals surface area contributed by atoms with E-state index in [0.29, 0.717) is 62.2 Å². The Morgan fingerprint density at radius 3 is 0.802 bits per heavy atom. The molecule has 25 heteroatoms. The minimum Gasteiger partial charge on any atom is -0.726 e. The first kappa shape index (κ1) is 99.0. The lowest BCUT2D eigenvalue weighted by Gasteiger charge is -2.23. The van der Waals surface area contributed by atoms with Crippen molar-refractivity contribution in [3.63, 3.8) is 0 Å². The number of unbranched alkanes of at least 4 members (excludes halogenated alkanes) is 20. The highest BCUT2D eigenvalue weighted by atomic mass is 32.3. The highest BCUT2D eigenvalue weighted by molar-refractivity contribution is 7.81. The fourth-order valence-corrected chi connectivity index (χ4v) is 13.0. The molecule has 20 nitrogen and oxygen atoms in total. The molecule has 0 fully saturated rings. The normalized spacial score (nSPS) is 14.6. The van der Waals surface area contributed by atoms with Crippen molar-refractivity contribution in [2.45, 2.75) is 391 Å². The number of hydrogen-bond acceptors (Lipinski definition) is 20. The number of hydrogen-bond donors (Lipinski definition) is 0. The van der Waals surface area contributed by atoms with E-state index in [4.69, 9.17) is 4.18 Å². The zero-order valence-electron chi connectivity index (χ0n) is 59.8. The molecule has 0 radical (unpaired) electrons. The van der Waals surface area contributed by atoms with Gasteiger partial charge in [0, 0.05) is 0 Å². The van der Waals surface area contributed by atoms with Crippen LogP contribution in [0.25, 0.3) is 0 Å². The monoisotopic (exact) mass is 1410 g/mol. The lowest BCUT2D eigenvalue weighted by Crippen LogP contribution is -2.21. The van der Waals surface area contributed by atoms with Gasteiger partial charge in [0.15, 0.2) is 0 Å². The van der Waals surface area contributed by atoms with Crippen LogP contribution in [0.3, 0.4) is 0 Å². The summed E-state index contributed by atoms with van der Waals surface area (Å²) in [7, 11) is -22.8. The molecule has 0 N–H and O–H groups in total. The zero-order chi connectivity index (χ0) is 70.6. The second-order valence-corrected chi connectivity index (χ2v) is 30.5. The summed E-state index contributed by atoms with van der Waals surface area (Å²) in [6.07, 6.45) is 43.7. The van der Waals surface area contributed by atoms with Crippen molar-refractivity contribution in [3.05, 3.63) is 0 Å². The number of rotatable bonds is 57.